The van der Waals surface area contributed by atoms with Crippen molar-refractivity contribution in [3.8, 4) is 0 Å². The van der Waals surface area contributed by atoms with Crippen LogP contribution in [0.25, 0.3) is 0 Å². The van der Waals surface area contributed by atoms with Gasteiger partial charge in [-0.1, -0.05) is 6.92 Å². The number of nitrogens with zero attached hydrogens (tertiary/aromatic N) is 1. The summed E-state index contributed by atoms with van der Waals surface area (Å²) in [5.74, 6) is 0. The Balaban J connectivity index is 2.29. The van der Waals surface area contributed by atoms with Crippen LogP contribution in [0.4, 0.5) is 0 Å². The Kier molecular flexibility index (Phi) is 1.54. The van der Waals surface area contributed by atoms with E-state index in [9.17, 15) is 0 Å². The molecule has 0 saturated carbocycles. The van der Waals surface area contributed by atoms with E-state index in [1.165, 1.54) is 6.42 Å². The van der Waals surface area contributed by atoms with Crippen molar-refractivity contribution in [1.29, 1.82) is 0 Å². The molecule has 0 spiro atoms. The smallest absolute Gasteiger partial charge is 0.0326 e. The SMILES string of the molecule is CC[C@H]1[C@H](N)CN1C. The molecule has 0 amide bonds. The Morgan fingerprint density at radius 2 is 2.38 bits per heavy atom. The number of likely N-dealkylation sites (N-methyl/N-ethyl adjacent to an activating group) is 1. The maximum absolute atomic E-state index is 5.68. The van der Waals surface area contributed by atoms with Crippen molar-refractivity contribution in [2.24, 2.45) is 5.73 Å². The lowest BCUT2D eigenvalue weighted by molar-refractivity contribution is 0.0913. The molecule has 0 aliphatic carbocycles. The first-order valence-electron chi connectivity index (χ1n) is 3.21. The fourth-order valence-corrected chi connectivity index (χ4v) is 1.39. The molecule has 0 aromatic rings. The third-order valence-electron chi connectivity index (χ3n) is 1.98. The Hall–Kier alpha value is -0.0800. The minimum Gasteiger partial charge on any atom is -0.325 e. The van der Waals surface area contributed by atoms with Crippen LogP contribution >= 0.6 is 0 Å². The molecule has 0 aromatic heterocycles. The summed E-state index contributed by atoms with van der Waals surface area (Å²) in [6.07, 6.45) is 1.19. The first kappa shape index (κ1) is 6.05. The second-order valence-corrected chi connectivity index (χ2v) is 2.58. The second kappa shape index (κ2) is 2.03. The molecule has 1 saturated heterocycles. The van der Waals surface area contributed by atoms with Gasteiger partial charge in [0.15, 0.2) is 0 Å². The summed E-state index contributed by atoms with van der Waals surface area (Å²) in [6, 6.07) is 1.11. The Morgan fingerprint density at radius 1 is 1.75 bits per heavy atom. The maximum atomic E-state index is 5.68. The van der Waals surface area contributed by atoms with Gasteiger partial charge >= 0.3 is 0 Å². The zero-order chi connectivity index (χ0) is 6.15. The quantitative estimate of drug-likeness (QED) is 0.521. The van der Waals surface area contributed by atoms with Crippen LogP contribution < -0.4 is 5.73 Å². The predicted octanol–water partition coefficient (Wildman–Crippen LogP) is 0.0377. The van der Waals surface area contributed by atoms with Crippen LogP contribution in [0, 0.1) is 0 Å². The number of hydrogen-bond acceptors (Lipinski definition) is 2. The average Bonchev–Trinajstić information content (AvgIpc) is 1.67. The van der Waals surface area contributed by atoms with Crippen molar-refractivity contribution < 1.29 is 0 Å². The van der Waals surface area contributed by atoms with E-state index in [1.54, 1.807) is 0 Å². The lowest BCUT2D eigenvalue weighted by Crippen LogP contribution is -2.61. The van der Waals surface area contributed by atoms with Gasteiger partial charge in [0.2, 0.25) is 0 Å². The molecule has 1 fully saturated rings. The molecule has 2 atom stereocenters. The molecule has 8 heavy (non-hydrogen) atoms. The van der Waals surface area contributed by atoms with Crippen molar-refractivity contribution in [3.63, 3.8) is 0 Å². The maximum Gasteiger partial charge on any atom is 0.0326 e. The van der Waals surface area contributed by atoms with Gasteiger partial charge in [0.25, 0.3) is 0 Å². The lowest BCUT2D eigenvalue weighted by Gasteiger charge is -2.43. The highest BCUT2D eigenvalue weighted by atomic mass is 15.2. The third kappa shape index (κ3) is 0.740. The summed E-state index contributed by atoms with van der Waals surface area (Å²) in [6.45, 7) is 3.26. The fraction of sp³-hybridized carbons (Fsp3) is 1.00. The predicted molar refractivity (Wildman–Crippen MR) is 34.7 cm³/mol. The summed E-state index contributed by atoms with van der Waals surface area (Å²) in [5.41, 5.74) is 5.68. The molecule has 2 heteroatoms. The average molecular weight is 114 g/mol. The van der Waals surface area contributed by atoms with Crippen molar-refractivity contribution in [3.05, 3.63) is 0 Å². The zero-order valence-electron chi connectivity index (χ0n) is 5.59. The Bertz CT molecular complexity index is 74.6. The molecule has 2 nitrogen and oxygen atoms in total. The van der Waals surface area contributed by atoms with E-state index in [0.717, 1.165) is 6.54 Å². The normalized spacial score (nSPS) is 39.4. The van der Waals surface area contributed by atoms with Gasteiger partial charge < -0.3 is 10.6 Å². The van der Waals surface area contributed by atoms with E-state index in [4.69, 9.17) is 5.73 Å². The summed E-state index contributed by atoms with van der Waals surface area (Å²) in [4.78, 5) is 2.30. The van der Waals surface area contributed by atoms with Crippen LogP contribution in [0.3, 0.4) is 0 Å². The first-order chi connectivity index (χ1) is 3.75. The molecule has 1 aliphatic heterocycles. The zero-order valence-corrected chi connectivity index (χ0v) is 5.59. The molecule has 48 valence electrons. The second-order valence-electron chi connectivity index (χ2n) is 2.58. The van der Waals surface area contributed by atoms with Crippen LogP contribution in [0.5, 0.6) is 0 Å². The van der Waals surface area contributed by atoms with Crippen molar-refractivity contribution in [2.45, 2.75) is 25.4 Å². The van der Waals surface area contributed by atoms with Gasteiger partial charge in [-0.3, -0.25) is 0 Å². The monoisotopic (exact) mass is 114 g/mol. The summed E-state index contributed by atoms with van der Waals surface area (Å²) in [5, 5.41) is 0. The first-order valence-corrected chi connectivity index (χ1v) is 3.21. The van der Waals surface area contributed by atoms with Gasteiger partial charge in [0, 0.05) is 18.6 Å². The van der Waals surface area contributed by atoms with E-state index < -0.39 is 0 Å². The van der Waals surface area contributed by atoms with Crippen LogP contribution in [-0.4, -0.2) is 30.6 Å². The van der Waals surface area contributed by atoms with E-state index in [1.807, 2.05) is 0 Å². The minimum atomic E-state index is 0.449. The molecule has 1 rings (SSSR count). The minimum absolute atomic E-state index is 0.449. The number of nitrogens with two attached hydrogens (primary N) is 1. The van der Waals surface area contributed by atoms with Crippen LogP contribution in [-0.2, 0) is 0 Å². The highest BCUT2D eigenvalue weighted by molar-refractivity contribution is 4.91. The van der Waals surface area contributed by atoms with Gasteiger partial charge in [-0.15, -0.1) is 0 Å². The van der Waals surface area contributed by atoms with Gasteiger partial charge in [-0.2, -0.15) is 0 Å². The van der Waals surface area contributed by atoms with Gasteiger partial charge in [0.1, 0.15) is 0 Å². The van der Waals surface area contributed by atoms with Crippen molar-refractivity contribution >= 4 is 0 Å². The van der Waals surface area contributed by atoms with E-state index in [-0.39, 0.29) is 0 Å². The van der Waals surface area contributed by atoms with Crippen molar-refractivity contribution in [2.75, 3.05) is 13.6 Å². The number of hydrogen-bond donors (Lipinski definition) is 1. The highest BCUT2D eigenvalue weighted by Gasteiger charge is 2.30. The third-order valence-corrected chi connectivity index (χ3v) is 1.98. The Labute approximate surface area is 50.7 Å². The van der Waals surface area contributed by atoms with E-state index >= 15 is 0 Å². The molecule has 0 radical (unpaired) electrons. The van der Waals surface area contributed by atoms with Crippen LogP contribution in [0.15, 0.2) is 0 Å². The lowest BCUT2D eigenvalue weighted by atomic mass is 9.96. The summed E-state index contributed by atoms with van der Waals surface area (Å²) in [7, 11) is 2.12. The van der Waals surface area contributed by atoms with E-state index in [0.29, 0.717) is 12.1 Å². The highest BCUT2D eigenvalue weighted by Crippen LogP contribution is 2.15. The largest absolute Gasteiger partial charge is 0.325 e. The molecular weight excluding hydrogens is 100 g/mol. The Morgan fingerprint density at radius 3 is 2.50 bits per heavy atom. The molecule has 0 unspecified atom stereocenters. The molecular formula is C6H14N2. The van der Waals surface area contributed by atoms with Gasteiger partial charge in [-0.05, 0) is 13.5 Å². The molecule has 0 bridgehead atoms. The number of rotatable bonds is 1. The molecule has 1 aliphatic rings. The molecule has 1 heterocycles. The van der Waals surface area contributed by atoms with E-state index in [2.05, 4.69) is 18.9 Å². The summed E-state index contributed by atoms with van der Waals surface area (Å²) >= 11 is 0. The van der Waals surface area contributed by atoms with Crippen molar-refractivity contribution in [1.82, 2.24) is 4.90 Å². The molecule has 2 N–H and O–H groups in total. The summed E-state index contributed by atoms with van der Waals surface area (Å²) < 4.78 is 0. The fourth-order valence-electron chi connectivity index (χ4n) is 1.39. The van der Waals surface area contributed by atoms with Crippen LogP contribution in [0.2, 0.25) is 0 Å². The topological polar surface area (TPSA) is 29.3 Å². The molecule has 0 aromatic carbocycles. The standard InChI is InChI=1S/C6H14N2/c1-3-6-5(7)4-8(6)2/h5-6H,3-4,7H2,1-2H3/t5-,6+/m1/s1. The van der Waals surface area contributed by atoms with Crippen LogP contribution in [0.1, 0.15) is 13.3 Å². The van der Waals surface area contributed by atoms with Gasteiger partial charge in [-0.25, -0.2) is 0 Å². The van der Waals surface area contributed by atoms with Gasteiger partial charge in [0.05, 0.1) is 0 Å². The number of likely N-dealkylation sites (tertiary alicyclic amines) is 1.